The van der Waals surface area contributed by atoms with E-state index in [-0.39, 0.29) is 0 Å². The van der Waals surface area contributed by atoms with Gasteiger partial charge < -0.3 is 10.6 Å². The van der Waals surface area contributed by atoms with Crippen LogP contribution in [0.5, 0.6) is 0 Å². The highest BCUT2D eigenvalue weighted by molar-refractivity contribution is 5.21. The molecule has 1 rings (SSSR count). The van der Waals surface area contributed by atoms with Gasteiger partial charge in [0.15, 0.2) is 0 Å². The molecular formula is C14H25N3. The van der Waals surface area contributed by atoms with Crippen LogP contribution in [-0.2, 0) is 0 Å². The van der Waals surface area contributed by atoms with E-state index in [1.54, 1.807) is 0 Å². The van der Waals surface area contributed by atoms with E-state index in [2.05, 4.69) is 28.5 Å². The molecule has 0 aromatic rings. The van der Waals surface area contributed by atoms with E-state index < -0.39 is 0 Å². The van der Waals surface area contributed by atoms with Crippen molar-refractivity contribution in [1.29, 1.82) is 0 Å². The van der Waals surface area contributed by atoms with Crippen LogP contribution in [0.2, 0.25) is 0 Å². The van der Waals surface area contributed by atoms with Gasteiger partial charge in [-0.15, -0.1) is 0 Å². The lowest BCUT2D eigenvalue weighted by Crippen LogP contribution is -2.46. The molecule has 0 unspecified atom stereocenters. The van der Waals surface area contributed by atoms with Crippen LogP contribution < -0.4 is 5.73 Å². The molecule has 0 aliphatic carbocycles. The van der Waals surface area contributed by atoms with Gasteiger partial charge in [0, 0.05) is 31.9 Å². The average Bonchev–Trinajstić information content (AvgIpc) is 2.38. The summed E-state index contributed by atoms with van der Waals surface area (Å²) in [6.07, 6.45) is 9.28. The topological polar surface area (TPSA) is 32.5 Å². The Morgan fingerprint density at radius 1 is 1.29 bits per heavy atom. The first-order valence-corrected chi connectivity index (χ1v) is 6.44. The molecule has 0 spiro atoms. The van der Waals surface area contributed by atoms with Gasteiger partial charge in [0.2, 0.25) is 0 Å². The maximum Gasteiger partial charge on any atom is 0.0361 e. The van der Waals surface area contributed by atoms with Crippen molar-refractivity contribution in [2.45, 2.75) is 13.3 Å². The SMILES string of the molecule is C=C/C(=C\C=C/C)N1CCN(CCCN)CC1. The Labute approximate surface area is 105 Å². The molecule has 0 aromatic carbocycles. The average molecular weight is 235 g/mol. The van der Waals surface area contributed by atoms with Crippen LogP contribution in [-0.4, -0.2) is 49.1 Å². The van der Waals surface area contributed by atoms with Crippen molar-refractivity contribution in [2.24, 2.45) is 5.73 Å². The van der Waals surface area contributed by atoms with Crippen LogP contribution in [0.25, 0.3) is 0 Å². The van der Waals surface area contributed by atoms with E-state index in [0.29, 0.717) is 0 Å². The Balaban J connectivity index is 2.42. The molecule has 1 heterocycles. The summed E-state index contributed by atoms with van der Waals surface area (Å²) in [4.78, 5) is 4.88. The first kappa shape index (κ1) is 14.0. The lowest BCUT2D eigenvalue weighted by molar-refractivity contribution is 0.161. The third-order valence-corrected chi connectivity index (χ3v) is 3.08. The molecular weight excluding hydrogens is 210 g/mol. The summed E-state index contributed by atoms with van der Waals surface area (Å²) in [5.74, 6) is 0. The summed E-state index contributed by atoms with van der Waals surface area (Å²) in [7, 11) is 0. The van der Waals surface area contributed by atoms with Crippen LogP contribution >= 0.6 is 0 Å². The van der Waals surface area contributed by atoms with E-state index in [1.807, 2.05) is 19.1 Å². The van der Waals surface area contributed by atoms with Gasteiger partial charge in [-0.25, -0.2) is 0 Å². The molecule has 0 radical (unpaired) electrons. The maximum atomic E-state index is 5.53. The molecule has 0 atom stereocenters. The first-order chi connectivity index (χ1) is 8.31. The lowest BCUT2D eigenvalue weighted by Gasteiger charge is -2.36. The highest BCUT2D eigenvalue weighted by Crippen LogP contribution is 2.10. The summed E-state index contributed by atoms with van der Waals surface area (Å²) in [6.45, 7) is 12.3. The van der Waals surface area contributed by atoms with Crippen LogP contribution in [0.1, 0.15) is 13.3 Å². The molecule has 0 amide bonds. The zero-order chi connectivity index (χ0) is 12.5. The number of hydrogen-bond acceptors (Lipinski definition) is 3. The van der Waals surface area contributed by atoms with E-state index in [0.717, 1.165) is 45.7 Å². The van der Waals surface area contributed by atoms with E-state index in [9.17, 15) is 0 Å². The van der Waals surface area contributed by atoms with Gasteiger partial charge in [-0.1, -0.05) is 18.7 Å². The number of rotatable bonds is 6. The van der Waals surface area contributed by atoms with Gasteiger partial charge in [0.25, 0.3) is 0 Å². The van der Waals surface area contributed by atoms with Crippen molar-refractivity contribution in [2.75, 3.05) is 39.3 Å². The zero-order valence-corrected chi connectivity index (χ0v) is 10.9. The van der Waals surface area contributed by atoms with Crippen molar-refractivity contribution >= 4 is 0 Å². The third-order valence-electron chi connectivity index (χ3n) is 3.08. The van der Waals surface area contributed by atoms with Crippen molar-refractivity contribution in [3.05, 3.63) is 36.6 Å². The monoisotopic (exact) mass is 235 g/mol. The van der Waals surface area contributed by atoms with Crippen LogP contribution in [0, 0.1) is 0 Å². The molecule has 3 heteroatoms. The van der Waals surface area contributed by atoms with Crippen molar-refractivity contribution < 1.29 is 0 Å². The van der Waals surface area contributed by atoms with Gasteiger partial charge in [0.1, 0.15) is 0 Å². The largest absolute Gasteiger partial charge is 0.369 e. The molecule has 1 aliphatic rings. The number of nitrogens with two attached hydrogens (primary N) is 1. The molecule has 0 aromatic heterocycles. The highest BCUT2D eigenvalue weighted by atomic mass is 15.3. The number of hydrogen-bond donors (Lipinski definition) is 1. The summed E-state index contributed by atoms with van der Waals surface area (Å²) in [6, 6.07) is 0. The standard InChI is InChI=1S/C14H25N3/c1-3-5-7-14(4-2)17-12-10-16(11-13-17)9-6-8-15/h3-5,7H,2,6,8-13,15H2,1H3/b5-3-,14-7+. The fraction of sp³-hybridized carbons (Fsp3) is 0.571. The molecule has 1 saturated heterocycles. The van der Waals surface area contributed by atoms with Gasteiger partial charge >= 0.3 is 0 Å². The Kier molecular flexibility index (Phi) is 6.67. The number of allylic oxidation sites excluding steroid dienone is 4. The summed E-state index contributed by atoms with van der Waals surface area (Å²) in [5, 5.41) is 0. The van der Waals surface area contributed by atoms with Gasteiger partial charge in [-0.3, -0.25) is 4.90 Å². The molecule has 2 N–H and O–H groups in total. The van der Waals surface area contributed by atoms with Crippen molar-refractivity contribution in [1.82, 2.24) is 9.80 Å². The molecule has 0 saturated carbocycles. The molecule has 0 bridgehead atoms. The Hall–Kier alpha value is -1.06. The van der Waals surface area contributed by atoms with Gasteiger partial charge in [-0.05, 0) is 38.6 Å². The Morgan fingerprint density at radius 3 is 2.53 bits per heavy atom. The third kappa shape index (κ3) is 4.75. The summed E-state index contributed by atoms with van der Waals surface area (Å²) < 4.78 is 0. The minimum Gasteiger partial charge on any atom is -0.369 e. The van der Waals surface area contributed by atoms with Crippen molar-refractivity contribution in [3.8, 4) is 0 Å². The number of nitrogens with zero attached hydrogens (tertiary/aromatic N) is 2. The minimum atomic E-state index is 0.791. The smallest absolute Gasteiger partial charge is 0.0361 e. The second kappa shape index (κ2) is 8.09. The zero-order valence-electron chi connectivity index (χ0n) is 10.9. The molecule has 1 aliphatic heterocycles. The van der Waals surface area contributed by atoms with E-state index >= 15 is 0 Å². The van der Waals surface area contributed by atoms with Gasteiger partial charge in [-0.2, -0.15) is 0 Å². The van der Waals surface area contributed by atoms with E-state index in [4.69, 9.17) is 5.73 Å². The molecule has 3 nitrogen and oxygen atoms in total. The Morgan fingerprint density at radius 2 is 2.00 bits per heavy atom. The van der Waals surface area contributed by atoms with Crippen molar-refractivity contribution in [3.63, 3.8) is 0 Å². The van der Waals surface area contributed by atoms with E-state index in [1.165, 1.54) is 5.70 Å². The normalized spacial score (nSPS) is 18.9. The highest BCUT2D eigenvalue weighted by Gasteiger charge is 2.16. The maximum absolute atomic E-state index is 5.53. The summed E-state index contributed by atoms with van der Waals surface area (Å²) in [5.41, 5.74) is 6.75. The van der Waals surface area contributed by atoms with Crippen LogP contribution in [0.3, 0.4) is 0 Å². The predicted octanol–water partition coefficient (Wildman–Crippen LogP) is 1.60. The number of piperazine rings is 1. The fourth-order valence-corrected chi connectivity index (χ4v) is 2.04. The lowest BCUT2D eigenvalue weighted by atomic mass is 10.2. The molecule has 96 valence electrons. The quantitative estimate of drug-likeness (QED) is 0.710. The fourth-order valence-electron chi connectivity index (χ4n) is 2.04. The van der Waals surface area contributed by atoms with Gasteiger partial charge in [0.05, 0.1) is 0 Å². The Bertz CT molecular complexity index is 273. The minimum absolute atomic E-state index is 0.791. The van der Waals surface area contributed by atoms with Crippen LogP contribution in [0.15, 0.2) is 36.6 Å². The molecule has 17 heavy (non-hydrogen) atoms. The predicted molar refractivity (Wildman–Crippen MR) is 74.8 cm³/mol. The first-order valence-electron chi connectivity index (χ1n) is 6.44. The summed E-state index contributed by atoms with van der Waals surface area (Å²) >= 11 is 0. The van der Waals surface area contributed by atoms with Crippen LogP contribution in [0.4, 0.5) is 0 Å². The second-order valence-electron chi connectivity index (χ2n) is 4.29. The second-order valence-corrected chi connectivity index (χ2v) is 4.29. The molecule has 1 fully saturated rings.